The molecule has 0 spiro atoms. The van der Waals surface area contributed by atoms with Gasteiger partial charge in [0.15, 0.2) is 13.1 Å². The number of hydrogen-bond acceptors (Lipinski definition) is 4. The third-order valence-corrected chi connectivity index (χ3v) is 2.80. The number of rotatable bonds is 7. The van der Waals surface area contributed by atoms with Gasteiger partial charge in [-0.3, -0.25) is 9.59 Å². The molecule has 5 nitrogen and oxygen atoms in total. The number of carbonyl (C=O) groups is 2. The van der Waals surface area contributed by atoms with Gasteiger partial charge in [0.05, 0.1) is 11.1 Å². The quantitative estimate of drug-likeness (QED) is 0.558. The topological polar surface area (TPSA) is 55.8 Å². The van der Waals surface area contributed by atoms with Crippen molar-refractivity contribution in [3.05, 3.63) is 29.3 Å². The summed E-state index contributed by atoms with van der Waals surface area (Å²) in [5.41, 5.74) is 0.615. The van der Waals surface area contributed by atoms with E-state index < -0.39 is 0 Å². The lowest BCUT2D eigenvalue weighted by Gasteiger charge is -2.20. The number of ether oxygens (including phenoxy) is 2. The Kier molecular flexibility index (Phi) is 6.02. The minimum absolute atomic E-state index is 0.0315. The molecule has 1 aromatic carbocycles. The van der Waals surface area contributed by atoms with Gasteiger partial charge in [-0.05, 0) is 26.0 Å². The minimum atomic E-state index is -0.171. The van der Waals surface area contributed by atoms with Gasteiger partial charge in [-0.15, -0.1) is 0 Å². The van der Waals surface area contributed by atoms with Gasteiger partial charge in [0.25, 0.3) is 5.91 Å². The Hall–Kier alpha value is -1.88. The summed E-state index contributed by atoms with van der Waals surface area (Å²) in [4.78, 5) is 25.2. The Morgan fingerprint density at radius 2 is 2.00 bits per heavy atom. The van der Waals surface area contributed by atoms with Crippen molar-refractivity contribution in [1.29, 1.82) is 0 Å². The summed E-state index contributed by atoms with van der Waals surface area (Å²) in [7, 11) is 1.49. The first-order valence-corrected chi connectivity index (χ1v) is 6.18. The summed E-state index contributed by atoms with van der Waals surface area (Å²) in [6.07, 6.45) is 0.641. The van der Waals surface area contributed by atoms with E-state index in [9.17, 15) is 9.59 Å². The van der Waals surface area contributed by atoms with Crippen LogP contribution in [0.1, 0.15) is 34.6 Å². The van der Waals surface area contributed by atoms with E-state index in [1.54, 1.807) is 23.1 Å². The molecule has 0 radical (unpaired) electrons. The average Bonchev–Trinajstić information content (AvgIpc) is 2.45. The number of aldehydes is 1. The maximum atomic E-state index is 12.3. The zero-order valence-electron chi connectivity index (χ0n) is 11.5. The van der Waals surface area contributed by atoms with Gasteiger partial charge in [-0.1, -0.05) is 6.07 Å². The smallest absolute Gasteiger partial charge is 0.254 e. The Morgan fingerprint density at radius 1 is 1.32 bits per heavy atom. The first-order chi connectivity index (χ1) is 9.19. The molecule has 0 atom stereocenters. The van der Waals surface area contributed by atoms with Gasteiger partial charge in [0, 0.05) is 20.2 Å². The summed E-state index contributed by atoms with van der Waals surface area (Å²) in [6, 6.07) is 4.96. The van der Waals surface area contributed by atoms with Crippen LogP contribution >= 0.6 is 0 Å². The molecule has 1 rings (SSSR count). The van der Waals surface area contributed by atoms with Crippen molar-refractivity contribution in [2.45, 2.75) is 13.8 Å². The highest BCUT2D eigenvalue weighted by molar-refractivity contribution is 6.02. The second kappa shape index (κ2) is 7.53. The Morgan fingerprint density at radius 3 is 2.53 bits per heavy atom. The van der Waals surface area contributed by atoms with Crippen LogP contribution in [0.4, 0.5) is 0 Å². The molecule has 0 aromatic heterocycles. The largest absolute Gasteiger partial charge is 0.467 e. The molecule has 0 aliphatic rings. The first-order valence-electron chi connectivity index (χ1n) is 6.18. The molecule has 5 heteroatoms. The third-order valence-electron chi connectivity index (χ3n) is 2.80. The van der Waals surface area contributed by atoms with Crippen LogP contribution in [0.5, 0.6) is 5.75 Å². The molecule has 0 bridgehead atoms. The molecule has 0 saturated heterocycles. The van der Waals surface area contributed by atoms with E-state index >= 15 is 0 Å². The van der Waals surface area contributed by atoms with Crippen LogP contribution in [-0.2, 0) is 4.74 Å². The van der Waals surface area contributed by atoms with E-state index in [-0.39, 0.29) is 18.3 Å². The number of carbonyl (C=O) groups excluding carboxylic acids is 2. The molecule has 19 heavy (non-hydrogen) atoms. The fourth-order valence-corrected chi connectivity index (χ4v) is 1.78. The lowest BCUT2D eigenvalue weighted by Crippen LogP contribution is -2.31. The lowest BCUT2D eigenvalue weighted by atomic mass is 10.1. The molecular formula is C14H19NO4. The molecule has 0 saturated carbocycles. The van der Waals surface area contributed by atoms with Crippen LogP contribution in [0.25, 0.3) is 0 Å². The highest BCUT2D eigenvalue weighted by Gasteiger charge is 2.19. The normalized spacial score (nSPS) is 10.1. The molecule has 0 heterocycles. The fourth-order valence-electron chi connectivity index (χ4n) is 1.78. The summed E-state index contributed by atoms with van der Waals surface area (Å²) >= 11 is 0. The van der Waals surface area contributed by atoms with Crippen LogP contribution in [0, 0.1) is 0 Å². The summed E-state index contributed by atoms with van der Waals surface area (Å²) < 4.78 is 10.1. The van der Waals surface area contributed by atoms with E-state index in [0.29, 0.717) is 30.7 Å². The Balaban J connectivity index is 3.13. The van der Waals surface area contributed by atoms with E-state index in [4.69, 9.17) is 9.47 Å². The number of hydrogen-bond donors (Lipinski definition) is 0. The highest BCUT2D eigenvalue weighted by atomic mass is 16.7. The lowest BCUT2D eigenvalue weighted by molar-refractivity contribution is 0.0502. The van der Waals surface area contributed by atoms with Crippen LogP contribution < -0.4 is 4.74 Å². The third kappa shape index (κ3) is 3.54. The molecule has 0 N–H and O–H groups in total. The van der Waals surface area contributed by atoms with Gasteiger partial charge in [0.2, 0.25) is 0 Å². The molecular weight excluding hydrogens is 246 g/mol. The van der Waals surface area contributed by atoms with Crippen LogP contribution in [0.3, 0.4) is 0 Å². The second-order valence-electron chi connectivity index (χ2n) is 3.86. The van der Waals surface area contributed by atoms with Crippen molar-refractivity contribution in [3.63, 3.8) is 0 Å². The van der Waals surface area contributed by atoms with Crippen LogP contribution in [0.2, 0.25) is 0 Å². The predicted octanol–water partition coefficient (Wildman–Crippen LogP) is 1.96. The van der Waals surface area contributed by atoms with Crippen LogP contribution in [-0.4, -0.2) is 44.1 Å². The van der Waals surface area contributed by atoms with E-state index in [1.807, 2.05) is 13.8 Å². The Bertz CT molecular complexity index is 441. The predicted molar refractivity (Wildman–Crippen MR) is 71.6 cm³/mol. The SMILES string of the molecule is CCN(CC)C(=O)c1cccc(OCOC)c1C=O. The van der Waals surface area contributed by atoms with Gasteiger partial charge in [-0.25, -0.2) is 0 Å². The highest BCUT2D eigenvalue weighted by Crippen LogP contribution is 2.22. The molecule has 1 aromatic rings. The fraction of sp³-hybridized carbons (Fsp3) is 0.429. The molecule has 0 aliphatic carbocycles. The molecule has 0 unspecified atom stereocenters. The van der Waals surface area contributed by atoms with E-state index in [1.165, 1.54) is 7.11 Å². The Labute approximate surface area is 113 Å². The average molecular weight is 265 g/mol. The van der Waals surface area contributed by atoms with Gasteiger partial charge >= 0.3 is 0 Å². The molecule has 0 fully saturated rings. The maximum absolute atomic E-state index is 12.3. The first kappa shape index (κ1) is 15.2. The summed E-state index contributed by atoms with van der Waals surface area (Å²) in [5, 5.41) is 0. The number of benzene rings is 1. The van der Waals surface area contributed by atoms with Gasteiger partial charge in [0.1, 0.15) is 5.75 Å². The van der Waals surface area contributed by atoms with Crippen molar-refractivity contribution in [1.82, 2.24) is 4.90 Å². The monoisotopic (exact) mass is 265 g/mol. The standard InChI is InChI=1S/C14H19NO4/c1-4-15(5-2)14(17)11-7-6-8-13(12(11)9-16)19-10-18-3/h6-9H,4-5,10H2,1-3H3. The van der Waals surface area contributed by atoms with E-state index in [2.05, 4.69) is 0 Å². The number of nitrogens with zero attached hydrogens (tertiary/aromatic N) is 1. The van der Waals surface area contributed by atoms with Crippen molar-refractivity contribution >= 4 is 12.2 Å². The van der Waals surface area contributed by atoms with Crippen LogP contribution in [0.15, 0.2) is 18.2 Å². The zero-order valence-corrected chi connectivity index (χ0v) is 11.5. The van der Waals surface area contributed by atoms with E-state index in [0.717, 1.165) is 0 Å². The van der Waals surface area contributed by atoms with Gasteiger partial charge < -0.3 is 14.4 Å². The number of methoxy groups -OCH3 is 1. The zero-order chi connectivity index (χ0) is 14.3. The molecule has 1 amide bonds. The van der Waals surface area contributed by atoms with Crippen molar-refractivity contribution < 1.29 is 19.1 Å². The summed E-state index contributed by atoms with van der Waals surface area (Å²) in [6.45, 7) is 5.01. The molecule has 0 aliphatic heterocycles. The van der Waals surface area contributed by atoms with Gasteiger partial charge in [-0.2, -0.15) is 0 Å². The molecule has 104 valence electrons. The van der Waals surface area contributed by atoms with Crippen molar-refractivity contribution in [2.75, 3.05) is 27.0 Å². The van der Waals surface area contributed by atoms with Crippen molar-refractivity contribution in [2.24, 2.45) is 0 Å². The van der Waals surface area contributed by atoms with Crippen molar-refractivity contribution in [3.8, 4) is 5.75 Å². The minimum Gasteiger partial charge on any atom is -0.467 e. The maximum Gasteiger partial charge on any atom is 0.254 e. The number of amides is 1. The summed E-state index contributed by atoms with van der Waals surface area (Å²) in [5.74, 6) is 0.185. The second-order valence-corrected chi connectivity index (χ2v) is 3.86.